The number of halogens is 1. The van der Waals surface area contributed by atoms with E-state index < -0.39 is 0 Å². The molecule has 1 N–H and O–H groups in total. The molecule has 102 valence electrons. The predicted octanol–water partition coefficient (Wildman–Crippen LogP) is 3.79. The van der Waals surface area contributed by atoms with Gasteiger partial charge in [0.1, 0.15) is 11.6 Å². The lowest BCUT2D eigenvalue weighted by molar-refractivity contribution is 0.494. The van der Waals surface area contributed by atoms with Gasteiger partial charge >= 0.3 is 0 Å². The van der Waals surface area contributed by atoms with Crippen molar-refractivity contribution in [2.24, 2.45) is 0 Å². The second kappa shape index (κ2) is 6.02. The third-order valence-electron chi connectivity index (χ3n) is 3.56. The lowest BCUT2D eigenvalue weighted by Gasteiger charge is -2.17. The quantitative estimate of drug-likeness (QED) is 0.885. The highest BCUT2D eigenvalue weighted by Gasteiger charge is 2.17. The molecule has 2 nitrogen and oxygen atoms in total. The Balaban J connectivity index is 2.26. The SMILES string of the molecule is CCc1occc1C(Cc1cc(F)ccc1C)NC. The Kier molecular flexibility index (Phi) is 4.38. The lowest BCUT2D eigenvalue weighted by atomic mass is 9.96. The van der Waals surface area contributed by atoms with Crippen LogP contribution >= 0.6 is 0 Å². The van der Waals surface area contributed by atoms with Crippen molar-refractivity contribution in [2.75, 3.05) is 7.05 Å². The van der Waals surface area contributed by atoms with Crippen LogP contribution in [0.3, 0.4) is 0 Å². The molecule has 0 aliphatic carbocycles. The highest BCUT2D eigenvalue weighted by molar-refractivity contribution is 5.30. The van der Waals surface area contributed by atoms with Crippen molar-refractivity contribution in [2.45, 2.75) is 32.7 Å². The zero-order valence-corrected chi connectivity index (χ0v) is 11.7. The van der Waals surface area contributed by atoms with Crippen LogP contribution in [0.5, 0.6) is 0 Å². The molecule has 1 atom stereocenters. The maximum atomic E-state index is 13.4. The predicted molar refractivity (Wildman–Crippen MR) is 74.7 cm³/mol. The second-order valence-corrected chi connectivity index (χ2v) is 4.77. The molecule has 1 heterocycles. The zero-order valence-electron chi connectivity index (χ0n) is 11.7. The summed E-state index contributed by atoms with van der Waals surface area (Å²) in [5.41, 5.74) is 3.31. The highest BCUT2D eigenvalue weighted by Crippen LogP contribution is 2.25. The van der Waals surface area contributed by atoms with E-state index in [0.717, 1.165) is 35.3 Å². The minimum Gasteiger partial charge on any atom is -0.469 e. The van der Waals surface area contributed by atoms with Gasteiger partial charge in [-0.05, 0) is 49.7 Å². The first-order chi connectivity index (χ1) is 9.15. The number of rotatable bonds is 5. The number of likely N-dealkylation sites (N-methyl/N-ethyl adjacent to an activating group) is 1. The van der Waals surface area contributed by atoms with Gasteiger partial charge < -0.3 is 9.73 Å². The molecule has 3 heteroatoms. The number of hydrogen-bond acceptors (Lipinski definition) is 2. The van der Waals surface area contributed by atoms with E-state index in [1.165, 1.54) is 6.07 Å². The summed E-state index contributed by atoms with van der Waals surface area (Å²) in [6.45, 7) is 4.08. The fourth-order valence-electron chi connectivity index (χ4n) is 2.40. The van der Waals surface area contributed by atoms with Crippen LogP contribution < -0.4 is 5.32 Å². The van der Waals surface area contributed by atoms with Gasteiger partial charge in [0.05, 0.1) is 6.26 Å². The maximum Gasteiger partial charge on any atom is 0.123 e. The average Bonchev–Trinajstić information content (AvgIpc) is 2.88. The van der Waals surface area contributed by atoms with Crippen molar-refractivity contribution in [3.63, 3.8) is 0 Å². The molecular formula is C16H20FNO. The first-order valence-electron chi connectivity index (χ1n) is 6.64. The fraction of sp³-hybridized carbons (Fsp3) is 0.375. The molecule has 2 aromatic rings. The molecule has 0 saturated carbocycles. The molecule has 0 bridgehead atoms. The van der Waals surface area contributed by atoms with Crippen molar-refractivity contribution in [1.82, 2.24) is 5.32 Å². The minimum absolute atomic E-state index is 0.147. The fourth-order valence-corrected chi connectivity index (χ4v) is 2.40. The third kappa shape index (κ3) is 3.04. The summed E-state index contributed by atoms with van der Waals surface area (Å²) in [6, 6.07) is 7.09. The van der Waals surface area contributed by atoms with E-state index in [4.69, 9.17) is 4.42 Å². The molecule has 2 rings (SSSR count). The molecule has 0 aliphatic heterocycles. The van der Waals surface area contributed by atoms with Gasteiger partial charge in [-0.25, -0.2) is 4.39 Å². The summed E-state index contributed by atoms with van der Waals surface area (Å²) in [5, 5.41) is 3.29. The monoisotopic (exact) mass is 261 g/mol. The van der Waals surface area contributed by atoms with Crippen LogP contribution in [-0.2, 0) is 12.8 Å². The summed E-state index contributed by atoms with van der Waals surface area (Å²) < 4.78 is 18.8. The van der Waals surface area contributed by atoms with Crippen LogP contribution in [0, 0.1) is 12.7 Å². The minimum atomic E-state index is -0.182. The Morgan fingerprint density at radius 3 is 2.79 bits per heavy atom. The Bertz CT molecular complexity index is 547. The summed E-state index contributed by atoms with van der Waals surface area (Å²) in [5.74, 6) is 0.812. The molecule has 1 aromatic carbocycles. The van der Waals surface area contributed by atoms with E-state index in [9.17, 15) is 4.39 Å². The van der Waals surface area contributed by atoms with Crippen LogP contribution in [-0.4, -0.2) is 7.05 Å². The van der Waals surface area contributed by atoms with Gasteiger partial charge in [0.2, 0.25) is 0 Å². The summed E-state index contributed by atoms with van der Waals surface area (Å²) in [6.07, 6.45) is 3.34. The number of furan rings is 1. The van der Waals surface area contributed by atoms with E-state index in [2.05, 4.69) is 12.2 Å². The zero-order chi connectivity index (χ0) is 13.8. The van der Waals surface area contributed by atoms with Crippen molar-refractivity contribution < 1.29 is 8.81 Å². The largest absolute Gasteiger partial charge is 0.469 e. The Morgan fingerprint density at radius 2 is 2.11 bits per heavy atom. The maximum absolute atomic E-state index is 13.4. The Labute approximate surface area is 113 Å². The molecule has 0 amide bonds. The van der Waals surface area contributed by atoms with Gasteiger partial charge in [0.25, 0.3) is 0 Å². The van der Waals surface area contributed by atoms with E-state index in [1.54, 1.807) is 12.3 Å². The molecule has 19 heavy (non-hydrogen) atoms. The van der Waals surface area contributed by atoms with Crippen molar-refractivity contribution in [3.8, 4) is 0 Å². The first kappa shape index (κ1) is 13.8. The van der Waals surface area contributed by atoms with Gasteiger partial charge in [-0.3, -0.25) is 0 Å². The summed E-state index contributed by atoms with van der Waals surface area (Å²) in [4.78, 5) is 0. The number of hydrogen-bond donors (Lipinski definition) is 1. The van der Waals surface area contributed by atoms with Gasteiger partial charge in [0, 0.05) is 18.0 Å². The Morgan fingerprint density at radius 1 is 1.32 bits per heavy atom. The molecular weight excluding hydrogens is 241 g/mol. The standard InChI is InChI=1S/C16H20FNO/c1-4-16-14(7-8-19-16)15(18-3)10-12-9-13(17)6-5-11(12)2/h5-9,15,18H,4,10H2,1-3H3. The average molecular weight is 261 g/mol. The number of nitrogens with one attached hydrogen (secondary N) is 1. The summed E-state index contributed by atoms with van der Waals surface area (Å²) >= 11 is 0. The van der Waals surface area contributed by atoms with Gasteiger partial charge in [-0.15, -0.1) is 0 Å². The van der Waals surface area contributed by atoms with Crippen LogP contribution in [0.2, 0.25) is 0 Å². The smallest absolute Gasteiger partial charge is 0.123 e. The molecule has 0 saturated heterocycles. The summed E-state index contributed by atoms with van der Waals surface area (Å²) in [7, 11) is 1.92. The molecule has 0 spiro atoms. The first-order valence-corrected chi connectivity index (χ1v) is 6.64. The van der Waals surface area contributed by atoms with Gasteiger partial charge in [0.15, 0.2) is 0 Å². The van der Waals surface area contributed by atoms with E-state index in [-0.39, 0.29) is 11.9 Å². The van der Waals surface area contributed by atoms with Crippen LogP contribution in [0.25, 0.3) is 0 Å². The van der Waals surface area contributed by atoms with Gasteiger partial charge in [-0.1, -0.05) is 13.0 Å². The van der Waals surface area contributed by atoms with Crippen molar-refractivity contribution in [1.29, 1.82) is 0 Å². The van der Waals surface area contributed by atoms with Crippen molar-refractivity contribution >= 4 is 0 Å². The number of benzene rings is 1. The van der Waals surface area contributed by atoms with Crippen LogP contribution in [0.1, 0.15) is 35.4 Å². The highest BCUT2D eigenvalue weighted by atomic mass is 19.1. The molecule has 0 radical (unpaired) electrons. The van der Waals surface area contributed by atoms with Crippen LogP contribution in [0.15, 0.2) is 34.9 Å². The molecule has 1 unspecified atom stereocenters. The number of aryl methyl sites for hydroxylation is 2. The van der Waals surface area contributed by atoms with Crippen molar-refractivity contribution in [3.05, 3.63) is 58.8 Å². The van der Waals surface area contributed by atoms with E-state index in [0.29, 0.717) is 0 Å². The molecule has 0 fully saturated rings. The Hall–Kier alpha value is -1.61. The van der Waals surface area contributed by atoms with Gasteiger partial charge in [-0.2, -0.15) is 0 Å². The van der Waals surface area contributed by atoms with E-state index >= 15 is 0 Å². The normalized spacial score (nSPS) is 12.6. The topological polar surface area (TPSA) is 25.2 Å². The van der Waals surface area contributed by atoms with Crippen LogP contribution in [0.4, 0.5) is 4.39 Å². The molecule has 1 aromatic heterocycles. The molecule has 0 aliphatic rings. The lowest BCUT2D eigenvalue weighted by Crippen LogP contribution is -2.20. The third-order valence-corrected chi connectivity index (χ3v) is 3.56. The second-order valence-electron chi connectivity index (χ2n) is 4.77. The van der Waals surface area contributed by atoms with E-state index in [1.807, 2.05) is 26.1 Å².